The molecule has 1 N–H and O–H groups in total. The molecule has 0 spiro atoms. The van der Waals surface area contributed by atoms with Crippen molar-refractivity contribution in [1.82, 2.24) is 15.3 Å². The highest BCUT2D eigenvalue weighted by Gasteiger charge is 2.14. The topological polar surface area (TPSA) is 76.6 Å². The van der Waals surface area contributed by atoms with Crippen molar-refractivity contribution < 1.29 is 18.7 Å². The normalized spacial score (nSPS) is 13.7. The first-order valence-corrected chi connectivity index (χ1v) is 9.64. The van der Waals surface area contributed by atoms with E-state index in [0.29, 0.717) is 36.2 Å². The third-order valence-electron chi connectivity index (χ3n) is 4.57. The molecular weight excluding hydrogens is 387 g/mol. The largest absolute Gasteiger partial charge is 0.457 e. The molecule has 1 aliphatic heterocycles. The first-order valence-electron chi connectivity index (χ1n) is 9.64. The molecule has 0 atom stereocenters. The van der Waals surface area contributed by atoms with Crippen LogP contribution in [0.5, 0.6) is 11.5 Å². The van der Waals surface area contributed by atoms with E-state index >= 15 is 0 Å². The number of hydrogen-bond donors (Lipinski definition) is 1. The molecule has 1 aliphatic rings. The quantitative estimate of drug-likeness (QED) is 0.675. The van der Waals surface area contributed by atoms with Crippen LogP contribution in [0.4, 0.5) is 10.3 Å². The Kier molecular flexibility index (Phi) is 6.14. The second kappa shape index (κ2) is 9.32. The van der Waals surface area contributed by atoms with Gasteiger partial charge in [0.05, 0.1) is 25.5 Å². The maximum absolute atomic E-state index is 13.0. The van der Waals surface area contributed by atoms with E-state index in [-0.39, 0.29) is 18.3 Å². The van der Waals surface area contributed by atoms with Crippen LogP contribution in [0, 0.1) is 5.82 Å². The summed E-state index contributed by atoms with van der Waals surface area (Å²) in [5, 5.41) is 2.87. The second-order valence-corrected chi connectivity index (χ2v) is 6.71. The van der Waals surface area contributed by atoms with Gasteiger partial charge < -0.3 is 19.7 Å². The Morgan fingerprint density at radius 1 is 1.10 bits per heavy atom. The molecule has 2 aromatic carbocycles. The first-order chi connectivity index (χ1) is 14.7. The summed E-state index contributed by atoms with van der Waals surface area (Å²) >= 11 is 0. The fourth-order valence-electron chi connectivity index (χ4n) is 3.01. The van der Waals surface area contributed by atoms with Gasteiger partial charge in [0, 0.05) is 24.8 Å². The van der Waals surface area contributed by atoms with Gasteiger partial charge in [0.15, 0.2) is 0 Å². The lowest BCUT2D eigenvalue weighted by Crippen LogP contribution is -2.37. The molecule has 1 amide bonds. The molecule has 1 fully saturated rings. The lowest BCUT2D eigenvalue weighted by molar-refractivity contribution is 0.0950. The van der Waals surface area contributed by atoms with Crippen LogP contribution in [0.2, 0.25) is 0 Å². The lowest BCUT2D eigenvalue weighted by atomic mass is 10.2. The molecule has 154 valence electrons. The molecule has 2 heterocycles. The molecule has 0 saturated carbocycles. The molecule has 0 radical (unpaired) electrons. The Morgan fingerprint density at radius 2 is 1.90 bits per heavy atom. The third-order valence-corrected chi connectivity index (χ3v) is 4.57. The molecule has 8 heteroatoms. The van der Waals surface area contributed by atoms with E-state index in [9.17, 15) is 9.18 Å². The number of aromatic nitrogens is 2. The van der Waals surface area contributed by atoms with Gasteiger partial charge >= 0.3 is 0 Å². The zero-order chi connectivity index (χ0) is 20.8. The van der Waals surface area contributed by atoms with Crippen LogP contribution in [0.3, 0.4) is 0 Å². The van der Waals surface area contributed by atoms with Crippen molar-refractivity contribution in [2.75, 3.05) is 31.2 Å². The number of anilines is 1. The number of nitrogens with zero attached hydrogens (tertiary/aromatic N) is 3. The predicted octanol–water partition coefficient (Wildman–Crippen LogP) is 3.17. The Hall–Kier alpha value is -3.52. The van der Waals surface area contributed by atoms with E-state index in [2.05, 4.69) is 20.2 Å². The Labute approximate surface area is 173 Å². The van der Waals surface area contributed by atoms with E-state index < -0.39 is 0 Å². The maximum atomic E-state index is 13.0. The highest BCUT2D eigenvalue weighted by Crippen LogP contribution is 2.22. The standard InChI is InChI=1S/C22H21FN4O3/c23-17-4-6-19(7-5-17)30-20-3-1-2-16(14-20)21(28)25-15-18-8-9-24-22(26-18)27-10-12-29-13-11-27/h1-9,14H,10-13,15H2,(H,25,28). The van der Waals surface area contributed by atoms with Crippen molar-refractivity contribution in [1.29, 1.82) is 0 Å². The van der Waals surface area contributed by atoms with E-state index in [1.165, 1.54) is 24.3 Å². The molecule has 0 aliphatic carbocycles. The highest BCUT2D eigenvalue weighted by atomic mass is 19.1. The molecule has 1 aromatic heterocycles. The van der Waals surface area contributed by atoms with E-state index in [1.807, 2.05) is 0 Å². The van der Waals surface area contributed by atoms with E-state index in [4.69, 9.17) is 9.47 Å². The van der Waals surface area contributed by atoms with Crippen molar-refractivity contribution in [3.8, 4) is 11.5 Å². The molecular formula is C22H21FN4O3. The van der Waals surface area contributed by atoms with Crippen LogP contribution in [0.15, 0.2) is 60.8 Å². The van der Waals surface area contributed by atoms with Gasteiger partial charge in [-0.2, -0.15) is 0 Å². The zero-order valence-electron chi connectivity index (χ0n) is 16.3. The summed E-state index contributed by atoms with van der Waals surface area (Å²) in [5.41, 5.74) is 1.18. The molecule has 1 saturated heterocycles. The summed E-state index contributed by atoms with van der Waals surface area (Å²) in [6.45, 7) is 3.08. The molecule has 3 aromatic rings. The van der Waals surface area contributed by atoms with Gasteiger partial charge in [-0.25, -0.2) is 14.4 Å². The molecule has 0 bridgehead atoms. The first kappa shape index (κ1) is 19.8. The molecule has 4 rings (SSSR count). The van der Waals surface area contributed by atoms with Crippen LogP contribution >= 0.6 is 0 Å². The number of rotatable bonds is 6. The number of amides is 1. The number of carbonyl (C=O) groups is 1. The van der Waals surface area contributed by atoms with Gasteiger partial charge in [-0.15, -0.1) is 0 Å². The molecule has 30 heavy (non-hydrogen) atoms. The highest BCUT2D eigenvalue weighted by molar-refractivity contribution is 5.94. The van der Waals surface area contributed by atoms with Crippen LogP contribution in [-0.4, -0.2) is 42.2 Å². The van der Waals surface area contributed by atoms with Crippen molar-refractivity contribution in [3.63, 3.8) is 0 Å². The summed E-state index contributed by atoms with van der Waals surface area (Å²) in [6, 6.07) is 14.3. The second-order valence-electron chi connectivity index (χ2n) is 6.71. The summed E-state index contributed by atoms with van der Waals surface area (Å²) < 4.78 is 24.1. The van der Waals surface area contributed by atoms with E-state index in [1.54, 1.807) is 36.5 Å². The Balaban J connectivity index is 1.37. The average molecular weight is 408 g/mol. The number of ether oxygens (including phenoxy) is 2. The smallest absolute Gasteiger partial charge is 0.251 e. The predicted molar refractivity (Wildman–Crippen MR) is 109 cm³/mol. The van der Waals surface area contributed by atoms with Crippen molar-refractivity contribution in [2.24, 2.45) is 0 Å². The van der Waals surface area contributed by atoms with Crippen LogP contribution < -0.4 is 15.0 Å². The third kappa shape index (κ3) is 5.09. The van der Waals surface area contributed by atoms with Gasteiger partial charge in [0.1, 0.15) is 17.3 Å². The number of morpholine rings is 1. The number of halogens is 1. The SMILES string of the molecule is O=C(NCc1ccnc(N2CCOCC2)n1)c1cccc(Oc2ccc(F)cc2)c1. The van der Waals surface area contributed by atoms with E-state index in [0.717, 1.165) is 18.8 Å². The van der Waals surface area contributed by atoms with Crippen LogP contribution in [0.25, 0.3) is 0 Å². The number of nitrogens with one attached hydrogen (secondary N) is 1. The van der Waals surface area contributed by atoms with Gasteiger partial charge in [-0.05, 0) is 48.5 Å². The average Bonchev–Trinajstić information content (AvgIpc) is 2.80. The van der Waals surface area contributed by atoms with Gasteiger partial charge in [0.2, 0.25) is 5.95 Å². The monoisotopic (exact) mass is 408 g/mol. The minimum atomic E-state index is -0.336. The fourth-order valence-corrected chi connectivity index (χ4v) is 3.01. The van der Waals surface area contributed by atoms with Gasteiger partial charge in [-0.1, -0.05) is 6.07 Å². The Morgan fingerprint density at radius 3 is 2.70 bits per heavy atom. The van der Waals surface area contributed by atoms with Gasteiger partial charge in [0.25, 0.3) is 5.91 Å². The number of hydrogen-bond acceptors (Lipinski definition) is 6. The minimum absolute atomic E-state index is 0.244. The van der Waals surface area contributed by atoms with Gasteiger partial charge in [-0.3, -0.25) is 4.79 Å². The van der Waals surface area contributed by atoms with Crippen LogP contribution in [-0.2, 0) is 11.3 Å². The molecule has 0 unspecified atom stereocenters. The minimum Gasteiger partial charge on any atom is -0.457 e. The summed E-state index contributed by atoms with van der Waals surface area (Å²) in [4.78, 5) is 23.5. The van der Waals surface area contributed by atoms with Crippen molar-refractivity contribution >= 4 is 11.9 Å². The summed E-state index contributed by atoms with van der Waals surface area (Å²) in [5.74, 6) is 1.04. The van der Waals surface area contributed by atoms with Crippen molar-refractivity contribution in [2.45, 2.75) is 6.54 Å². The lowest BCUT2D eigenvalue weighted by Gasteiger charge is -2.26. The summed E-state index contributed by atoms with van der Waals surface area (Å²) in [7, 11) is 0. The summed E-state index contributed by atoms with van der Waals surface area (Å²) in [6.07, 6.45) is 1.69. The zero-order valence-corrected chi connectivity index (χ0v) is 16.3. The number of carbonyl (C=O) groups excluding carboxylic acids is 1. The Bertz CT molecular complexity index is 1010. The number of benzene rings is 2. The molecule has 7 nitrogen and oxygen atoms in total. The van der Waals surface area contributed by atoms with Crippen LogP contribution in [0.1, 0.15) is 16.1 Å². The fraction of sp³-hybridized carbons (Fsp3) is 0.227. The maximum Gasteiger partial charge on any atom is 0.251 e. The van der Waals surface area contributed by atoms with Crippen molar-refractivity contribution in [3.05, 3.63) is 77.9 Å².